The number of amides is 1. The van der Waals surface area contributed by atoms with E-state index in [2.05, 4.69) is 36.8 Å². The Bertz CT molecular complexity index is 567. The van der Waals surface area contributed by atoms with Crippen molar-refractivity contribution >= 4 is 43.5 Å². The predicted molar refractivity (Wildman–Crippen MR) is 83.4 cm³/mol. The number of benzene rings is 1. The van der Waals surface area contributed by atoms with Crippen LogP contribution in [0.2, 0.25) is 0 Å². The van der Waals surface area contributed by atoms with Crippen molar-refractivity contribution in [3.63, 3.8) is 0 Å². The van der Waals surface area contributed by atoms with Crippen molar-refractivity contribution in [1.29, 1.82) is 0 Å². The van der Waals surface area contributed by atoms with Crippen LogP contribution in [0.5, 0.6) is 0 Å². The van der Waals surface area contributed by atoms with Gasteiger partial charge in [0.05, 0.1) is 0 Å². The number of nitrogens with zero attached hydrogens (tertiary/aromatic N) is 2. The zero-order chi connectivity index (χ0) is 13.8. The van der Waals surface area contributed by atoms with E-state index in [9.17, 15) is 4.79 Å². The quantitative estimate of drug-likeness (QED) is 0.792. The monoisotopic (exact) mass is 382 g/mol. The Hall–Kier alpha value is -1.20. The molecule has 1 amide bonds. The molecule has 0 atom stereocenters. The average Bonchev–Trinajstić information content (AvgIpc) is 2.39. The lowest BCUT2D eigenvalue weighted by Crippen LogP contribution is -2.30. The van der Waals surface area contributed by atoms with Crippen molar-refractivity contribution in [1.82, 2.24) is 4.98 Å². The van der Waals surface area contributed by atoms with Crippen LogP contribution in [0.15, 0.2) is 51.7 Å². The fraction of sp³-hybridized carbons (Fsp3) is 0.143. The number of carbonyl (C=O) groups excluding carboxylic acids is 1. The number of halogens is 2. The van der Waals surface area contributed by atoms with Gasteiger partial charge < -0.3 is 4.90 Å². The first-order valence-electron chi connectivity index (χ1n) is 5.80. The summed E-state index contributed by atoms with van der Waals surface area (Å²) in [5.41, 5.74) is 1.48. The normalized spacial score (nSPS) is 10.3. The Morgan fingerprint density at radius 3 is 2.26 bits per heavy atom. The van der Waals surface area contributed by atoms with E-state index in [4.69, 9.17) is 0 Å². The Labute approximate surface area is 128 Å². The van der Waals surface area contributed by atoms with Crippen molar-refractivity contribution in [2.24, 2.45) is 0 Å². The third-order valence-corrected chi connectivity index (χ3v) is 3.56. The maximum Gasteiger partial charge on any atom is 0.258 e. The topological polar surface area (TPSA) is 33.2 Å². The second-order valence-corrected chi connectivity index (χ2v) is 5.74. The lowest BCUT2D eigenvalue weighted by Gasteiger charge is -2.21. The fourth-order valence-corrected chi connectivity index (χ4v) is 3.09. The molecule has 1 aromatic heterocycles. The summed E-state index contributed by atoms with van der Waals surface area (Å²) in [5, 5.41) is 0. The van der Waals surface area contributed by atoms with Gasteiger partial charge in [-0.15, -0.1) is 0 Å². The van der Waals surface area contributed by atoms with Crippen molar-refractivity contribution in [3.8, 4) is 0 Å². The summed E-state index contributed by atoms with van der Waals surface area (Å²) in [6, 6.07) is 9.19. The molecule has 19 heavy (non-hydrogen) atoms. The number of hydrogen-bond acceptors (Lipinski definition) is 2. The fourth-order valence-electron chi connectivity index (χ4n) is 1.80. The van der Waals surface area contributed by atoms with Crippen molar-refractivity contribution in [2.45, 2.75) is 6.92 Å². The molecule has 1 aromatic carbocycles. The van der Waals surface area contributed by atoms with Crippen LogP contribution in [-0.4, -0.2) is 17.4 Å². The van der Waals surface area contributed by atoms with Crippen LogP contribution in [0, 0.1) is 0 Å². The van der Waals surface area contributed by atoms with Gasteiger partial charge in [0.15, 0.2) is 0 Å². The van der Waals surface area contributed by atoms with Crippen LogP contribution in [0.4, 0.5) is 5.69 Å². The van der Waals surface area contributed by atoms with E-state index in [1.54, 1.807) is 17.3 Å². The summed E-state index contributed by atoms with van der Waals surface area (Å²) in [5.74, 6) is -0.0318. The Morgan fingerprint density at radius 2 is 1.74 bits per heavy atom. The SMILES string of the molecule is CCN(C(=O)c1cc(Br)cc(Br)c1)c1ccncc1. The second-order valence-electron chi connectivity index (χ2n) is 3.91. The molecule has 2 aromatic rings. The molecule has 0 aliphatic rings. The van der Waals surface area contributed by atoms with E-state index in [1.165, 1.54) is 0 Å². The van der Waals surface area contributed by atoms with Gasteiger partial charge in [0, 0.05) is 39.1 Å². The Morgan fingerprint density at radius 1 is 1.16 bits per heavy atom. The van der Waals surface area contributed by atoms with E-state index >= 15 is 0 Å². The number of carbonyl (C=O) groups is 1. The molecule has 1 heterocycles. The van der Waals surface area contributed by atoms with Gasteiger partial charge >= 0.3 is 0 Å². The first kappa shape index (κ1) is 14.2. The predicted octanol–water partition coefficient (Wildman–Crippen LogP) is 4.27. The molecule has 0 aliphatic carbocycles. The summed E-state index contributed by atoms with van der Waals surface area (Å²) >= 11 is 6.80. The Kier molecular flexibility index (Phi) is 4.71. The highest BCUT2D eigenvalue weighted by Crippen LogP contribution is 2.23. The smallest absolute Gasteiger partial charge is 0.258 e. The maximum absolute atomic E-state index is 12.5. The molecule has 0 spiro atoms. The van der Waals surface area contributed by atoms with Gasteiger partial charge in [-0.1, -0.05) is 31.9 Å². The maximum atomic E-state index is 12.5. The molecule has 98 valence electrons. The van der Waals surface area contributed by atoms with Gasteiger partial charge in [-0.25, -0.2) is 0 Å². The Balaban J connectivity index is 2.36. The molecular formula is C14H12Br2N2O. The third kappa shape index (κ3) is 3.42. The van der Waals surface area contributed by atoms with Crippen molar-refractivity contribution in [3.05, 3.63) is 57.2 Å². The lowest BCUT2D eigenvalue weighted by molar-refractivity contribution is 0.0988. The molecule has 2 rings (SSSR count). The highest BCUT2D eigenvalue weighted by Gasteiger charge is 2.16. The number of anilines is 1. The van der Waals surface area contributed by atoms with E-state index < -0.39 is 0 Å². The van der Waals surface area contributed by atoms with E-state index in [1.807, 2.05) is 37.3 Å². The first-order valence-corrected chi connectivity index (χ1v) is 7.38. The number of aromatic nitrogens is 1. The number of hydrogen-bond donors (Lipinski definition) is 0. The second kappa shape index (κ2) is 6.30. The summed E-state index contributed by atoms with van der Waals surface area (Å²) in [6.45, 7) is 2.55. The van der Waals surface area contributed by atoms with Gasteiger partial charge in [-0.05, 0) is 37.3 Å². The van der Waals surface area contributed by atoms with Gasteiger partial charge in [-0.2, -0.15) is 0 Å². The van der Waals surface area contributed by atoms with Crippen LogP contribution >= 0.6 is 31.9 Å². The molecule has 0 unspecified atom stereocenters. The van der Waals surface area contributed by atoms with Gasteiger partial charge in [0.1, 0.15) is 0 Å². The summed E-state index contributed by atoms with van der Waals surface area (Å²) in [7, 11) is 0. The third-order valence-electron chi connectivity index (χ3n) is 2.65. The van der Waals surface area contributed by atoms with Crippen LogP contribution in [0.1, 0.15) is 17.3 Å². The molecule has 5 heteroatoms. The largest absolute Gasteiger partial charge is 0.309 e. The molecule has 0 fully saturated rings. The molecule has 0 bridgehead atoms. The van der Waals surface area contributed by atoms with Crippen LogP contribution in [0.25, 0.3) is 0 Å². The van der Waals surface area contributed by atoms with E-state index in [0.717, 1.165) is 14.6 Å². The van der Waals surface area contributed by atoms with Crippen LogP contribution in [0.3, 0.4) is 0 Å². The van der Waals surface area contributed by atoms with Crippen LogP contribution < -0.4 is 4.90 Å². The molecular weight excluding hydrogens is 372 g/mol. The molecule has 0 aliphatic heterocycles. The number of rotatable bonds is 3. The minimum absolute atomic E-state index is 0.0318. The summed E-state index contributed by atoms with van der Waals surface area (Å²) in [6.07, 6.45) is 3.37. The summed E-state index contributed by atoms with van der Waals surface area (Å²) < 4.78 is 1.74. The highest BCUT2D eigenvalue weighted by molar-refractivity contribution is 9.11. The minimum atomic E-state index is -0.0318. The molecule has 0 radical (unpaired) electrons. The van der Waals surface area contributed by atoms with E-state index in [0.29, 0.717) is 12.1 Å². The van der Waals surface area contributed by atoms with Gasteiger partial charge in [0.25, 0.3) is 5.91 Å². The summed E-state index contributed by atoms with van der Waals surface area (Å²) in [4.78, 5) is 18.2. The molecule has 3 nitrogen and oxygen atoms in total. The van der Waals surface area contributed by atoms with Crippen molar-refractivity contribution in [2.75, 3.05) is 11.4 Å². The zero-order valence-corrected chi connectivity index (χ0v) is 13.5. The average molecular weight is 384 g/mol. The number of pyridine rings is 1. The lowest BCUT2D eigenvalue weighted by atomic mass is 10.2. The highest BCUT2D eigenvalue weighted by atomic mass is 79.9. The first-order chi connectivity index (χ1) is 9.11. The van der Waals surface area contributed by atoms with Crippen LogP contribution in [-0.2, 0) is 0 Å². The standard InChI is InChI=1S/C14H12Br2N2O/c1-2-18(13-3-5-17-6-4-13)14(19)10-7-11(15)9-12(16)8-10/h3-9H,2H2,1H3. The molecule has 0 saturated heterocycles. The van der Waals surface area contributed by atoms with Crippen molar-refractivity contribution < 1.29 is 4.79 Å². The van der Waals surface area contributed by atoms with Gasteiger partial charge in [-0.3, -0.25) is 9.78 Å². The zero-order valence-electron chi connectivity index (χ0n) is 10.3. The minimum Gasteiger partial charge on any atom is -0.309 e. The molecule has 0 N–H and O–H groups in total. The van der Waals surface area contributed by atoms with Gasteiger partial charge in [0.2, 0.25) is 0 Å². The molecule has 0 saturated carbocycles. The van der Waals surface area contributed by atoms with E-state index in [-0.39, 0.29) is 5.91 Å².